The van der Waals surface area contributed by atoms with Gasteiger partial charge < -0.3 is 14.6 Å². The number of aryl methyl sites for hydroxylation is 1. The van der Waals surface area contributed by atoms with Crippen LogP contribution in [0.3, 0.4) is 0 Å². The van der Waals surface area contributed by atoms with E-state index in [1.807, 2.05) is 0 Å². The van der Waals surface area contributed by atoms with Crippen molar-refractivity contribution in [2.24, 2.45) is 0 Å². The van der Waals surface area contributed by atoms with Crippen molar-refractivity contribution in [2.45, 2.75) is 32.4 Å². The monoisotopic (exact) mass is 349 g/mol. The number of rotatable bonds is 4. The number of amides is 2. The lowest BCUT2D eigenvalue weighted by Gasteiger charge is -2.32. The molecule has 6 nitrogen and oxygen atoms in total. The number of benzene rings is 1. The van der Waals surface area contributed by atoms with Crippen LogP contribution in [0.15, 0.2) is 28.8 Å². The molecule has 8 heteroatoms. The molecule has 1 atom stereocenters. The highest BCUT2D eigenvalue weighted by Crippen LogP contribution is 2.18. The SMILES string of the molecule is Cc1cnc(C(=O)N[C@@H]2CCCN(Cc3ccc(F)cc3F)C2=O)o1. The molecule has 0 radical (unpaired) electrons. The van der Waals surface area contributed by atoms with Crippen molar-refractivity contribution in [2.75, 3.05) is 6.54 Å². The molecule has 0 spiro atoms. The number of carbonyl (C=O) groups is 2. The maximum atomic E-state index is 13.8. The quantitative estimate of drug-likeness (QED) is 0.918. The van der Waals surface area contributed by atoms with E-state index in [1.54, 1.807) is 6.92 Å². The summed E-state index contributed by atoms with van der Waals surface area (Å²) >= 11 is 0. The van der Waals surface area contributed by atoms with Gasteiger partial charge in [0.2, 0.25) is 5.91 Å². The molecule has 2 aromatic rings. The molecule has 25 heavy (non-hydrogen) atoms. The van der Waals surface area contributed by atoms with Gasteiger partial charge in [0.05, 0.1) is 6.20 Å². The Morgan fingerprint density at radius 1 is 1.44 bits per heavy atom. The van der Waals surface area contributed by atoms with Gasteiger partial charge in [-0.05, 0) is 25.8 Å². The molecule has 1 aromatic carbocycles. The summed E-state index contributed by atoms with van der Waals surface area (Å²) in [5, 5.41) is 2.60. The molecule has 0 unspecified atom stereocenters. The molecule has 0 bridgehead atoms. The zero-order chi connectivity index (χ0) is 18.0. The highest BCUT2D eigenvalue weighted by atomic mass is 19.1. The first-order chi connectivity index (χ1) is 11.9. The van der Waals surface area contributed by atoms with Gasteiger partial charge >= 0.3 is 5.91 Å². The fourth-order valence-corrected chi connectivity index (χ4v) is 2.77. The van der Waals surface area contributed by atoms with Crippen LogP contribution < -0.4 is 5.32 Å². The predicted molar refractivity (Wildman–Crippen MR) is 83.5 cm³/mol. The summed E-state index contributed by atoms with van der Waals surface area (Å²) in [5.41, 5.74) is 0.227. The smallest absolute Gasteiger partial charge is 0.307 e. The summed E-state index contributed by atoms with van der Waals surface area (Å²) in [4.78, 5) is 29.9. The minimum Gasteiger partial charge on any atom is -0.438 e. The molecule has 1 aromatic heterocycles. The van der Waals surface area contributed by atoms with E-state index >= 15 is 0 Å². The third kappa shape index (κ3) is 3.84. The number of likely N-dealkylation sites (tertiary alicyclic amines) is 1. The van der Waals surface area contributed by atoms with Crippen molar-refractivity contribution < 1.29 is 22.8 Å². The number of oxazole rings is 1. The number of nitrogens with one attached hydrogen (secondary N) is 1. The van der Waals surface area contributed by atoms with E-state index in [2.05, 4.69) is 10.3 Å². The van der Waals surface area contributed by atoms with E-state index in [0.29, 0.717) is 25.1 Å². The molecule has 1 aliphatic rings. The summed E-state index contributed by atoms with van der Waals surface area (Å²) in [6.45, 7) is 2.13. The number of halogens is 2. The Morgan fingerprint density at radius 3 is 2.92 bits per heavy atom. The van der Waals surface area contributed by atoms with Crippen LogP contribution in [0.25, 0.3) is 0 Å². The van der Waals surface area contributed by atoms with Crippen molar-refractivity contribution in [3.8, 4) is 0 Å². The lowest BCUT2D eigenvalue weighted by Crippen LogP contribution is -2.52. The van der Waals surface area contributed by atoms with Crippen LogP contribution in [0.2, 0.25) is 0 Å². The first-order valence-corrected chi connectivity index (χ1v) is 7.90. The van der Waals surface area contributed by atoms with Gasteiger partial charge in [-0.1, -0.05) is 6.07 Å². The predicted octanol–water partition coefficient (Wildman–Crippen LogP) is 2.18. The number of nitrogens with zero attached hydrogens (tertiary/aromatic N) is 2. The van der Waals surface area contributed by atoms with E-state index in [9.17, 15) is 18.4 Å². The van der Waals surface area contributed by atoms with Crippen molar-refractivity contribution in [1.29, 1.82) is 0 Å². The molecule has 1 aliphatic heterocycles. The molecule has 2 amide bonds. The lowest BCUT2D eigenvalue weighted by atomic mass is 10.0. The fourth-order valence-electron chi connectivity index (χ4n) is 2.77. The Bertz CT molecular complexity index is 806. The topological polar surface area (TPSA) is 75.4 Å². The number of piperidine rings is 1. The zero-order valence-electron chi connectivity index (χ0n) is 13.6. The van der Waals surface area contributed by atoms with Crippen LogP contribution >= 0.6 is 0 Å². The van der Waals surface area contributed by atoms with Gasteiger partial charge in [-0.3, -0.25) is 9.59 Å². The number of hydrogen-bond acceptors (Lipinski definition) is 4. The first-order valence-electron chi connectivity index (χ1n) is 7.90. The second-order valence-corrected chi connectivity index (χ2v) is 5.94. The van der Waals surface area contributed by atoms with Crippen LogP contribution in [0.1, 0.15) is 34.9 Å². The van der Waals surface area contributed by atoms with Crippen LogP contribution in [0.4, 0.5) is 8.78 Å². The van der Waals surface area contributed by atoms with Gasteiger partial charge in [0, 0.05) is 24.7 Å². The van der Waals surface area contributed by atoms with Crippen molar-refractivity contribution in [3.05, 3.63) is 53.2 Å². The number of hydrogen-bond donors (Lipinski definition) is 1. The van der Waals surface area contributed by atoms with Crippen LogP contribution in [0.5, 0.6) is 0 Å². The maximum absolute atomic E-state index is 13.8. The van der Waals surface area contributed by atoms with Gasteiger partial charge in [-0.25, -0.2) is 13.8 Å². The van der Waals surface area contributed by atoms with E-state index in [-0.39, 0.29) is 23.9 Å². The third-order valence-corrected chi connectivity index (χ3v) is 4.03. The van der Waals surface area contributed by atoms with E-state index in [0.717, 1.165) is 12.1 Å². The van der Waals surface area contributed by atoms with Gasteiger partial charge in [-0.15, -0.1) is 0 Å². The van der Waals surface area contributed by atoms with Crippen LogP contribution in [-0.2, 0) is 11.3 Å². The summed E-state index contributed by atoms with van der Waals surface area (Å²) < 4.78 is 31.9. The fraction of sp³-hybridized carbons (Fsp3) is 0.353. The van der Waals surface area contributed by atoms with Crippen LogP contribution in [-0.4, -0.2) is 34.3 Å². The minimum absolute atomic E-state index is 0.0232. The molecule has 2 heterocycles. The lowest BCUT2D eigenvalue weighted by molar-refractivity contribution is -0.136. The summed E-state index contributed by atoms with van der Waals surface area (Å²) in [6.07, 6.45) is 2.55. The highest BCUT2D eigenvalue weighted by Gasteiger charge is 2.31. The Hall–Kier alpha value is -2.77. The van der Waals surface area contributed by atoms with Gasteiger partial charge in [-0.2, -0.15) is 0 Å². The molecule has 3 rings (SSSR count). The molecule has 0 saturated carbocycles. The van der Waals surface area contributed by atoms with E-state index in [4.69, 9.17) is 4.42 Å². The average molecular weight is 349 g/mol. The number of carbonyl (C=O) groups excluding carboxylic acids is 2. The van der Waals surface area contributed by atoms with Crippen molar-refractivity contribution >= 4 is 11.8 Å². The highest BCUT2D eigenvalue weighted by molar-refractivity contribution is 5.94. The van der Waals surface area contributed by atoms with Gasteiger partial charge in [0.25, 0.3) is 5.89 Å². The Kier molecular flexibility index (Phi) is 4.78. The summed E-state index contributed by atoms with van der Waals surface area (Å²) in [7, 11) is 0. The first kappa shape index (κ1) is 17.1. The third-order valence-electron chi connectivity index (χ3n) is 4.03. The summed E-state index contributed by atoms with van der Waals surface area (Å²) in [5.74, 6) is -1.86. The van der Waals surface area contributed by atoms with E-state index < -0.39 is 23.6 Å². The van der Waals surface area contributed by atoms with Crippen molar-refractivity contribution in [3.63, 3.8) is 0 Å². The second kappa shape index (κ2) is 7.00. The Labute approximate surface area is 142 Å². The second-order valence-electron chi connectivity index (χ2n) is 5.94. The number of aromatic nitrogens is 1. The van der Waals surface area contributed by atoms with Gasteiger partial charge in [0.1, 0.15) is 23.4 Å². The molecule has 1 fully saturated rings. The molecule has 1 saturated heterocycles. The molecule has 132 valence electrons. The molecular formula is C17H17F2N3O3. The Morgan fingerprint density at radius 2 is 2.24 bits per heavy atom. The van der Waals surface area contributed by atoms with Gasteiger partial charge in [0.15, 0.2) is 0 Å². The molecule has 0 aliphatic carbocycles. The average Bonchev–Trinajstić information content (AvgIpc) is 3.00. The molecule has 1 N–H and O–H groups in total. The maximum Gasteiger partial charge on any atom is 0.307 e. The largest absolute Gasteiger partial charge is 0.438 e. The van der Waals surface area contributed by atoms with E-state index in [1.165, 1.54) is 17.2 Å². The zero-order valence-corrected chi connectivity index (χ0v) is 13.6. The molecular weight excluding hydrogens is 332 g/mol. The standard InChI is InChI=1S/C17H17F2N3O3/c1-10-8-20-16(25-10)15(23)21-14-3-2-6-22(17(14)24)9-11-4-5-12(18)7-13(11)19/h4-5,7-8,14H,2-3,6,9H2,1H3,(H,21,23)/t14-/m1/s1. The minimum atomic E-state index is -0.725. The Balaban J connectivity index is 1.67. The van der Waals surface area contributed by atoms with Crippen molar-refractivity contribution in [1.82, 2.24) is 15.2 Å². The summed E-state index contributed by atoms with van der Waals surface area (Å²) in [6, 6.07) is 2.53. The van der Waals surface area contributed by atoms with Crippen LogP contribution in [0, 0.1) is 18.6 Å². The normalized spacial score (nSPS) is 17.6.